The van der Waals surface area contributed by atoms with E-state index in [0.29, 0.717) is 13.0 Å². The highest BCUT2D eigenvalue weighted by Crippen LogP contribution is 2.55. The van der Waals surface area contributed by atoms with E-state index >= 15 is 0 Å². The summed E-state index contributed by atoms with van der Waals surface area (Å²) in [7, 11) is 0. The van der Waals surface area contributed by atoms with Crippen molar-refractivity contribution >= 4 is 23.3 Å². The Morgan fingerprint density at radius 1 is 1.42 bits per heavy atom. The average Bonchev–Trinajstić information content (AvgIpc) is 2.91. The number of allylic oxidation sites excluding steroid dienone is 2. The van der Waals surface area contributed by atoms with E-state index in [1.807, 2.05) is 6.92 Å². The molecule has 3 atom stereocenters. The maximum atomic E-state index is 13.0. The van der Waals surface area contributed by atoms with E-state index < -0.39 is 0 Å². The van der Waals surface area contributed by atoms with E-state index in [-0.39, 0.29) is 28.9 Å². The van der Waals surface area contributed by atoms with Crippen LogP contribution in [0.5, 0.6) is 0 Å². The fraction of sp³-hybridized carbons (Fsp3) is 0.667. The Labute approximate surface area is 147 Å². The van der Waals surface area contributed by atoms with Gasteiger partial charge in [0, 0.05) is 29.6 Å². The number of azo groups is 1. The SMILES string of the molecule is CCN(CC)CC(=O)C1CC23CSC=C2CC(=O)C=C3N=NC1C. The summed E-state index contributed by atoms with van der Waals surface area (Å²) in [5.41, 5.74) is 1.62. The number of ketones is 2. The molecule has 3 aliphatic rings. The zero-order chi connectivity index (χ0) is 17.3. The summed E-state index contributed by atoms with van der Waals surface area (Å²) in [6.45, 7) is 8.34. The number of carbonyl (C=O) groups excluding carboxylic acids is 2. The third kappa shape index (κ3) is 3.02. The Balaban J connectivity index is 1.90. The first-order chi connectivity index (χ1) is 11.5. The Morgan fingerprint density at radius 3 is 2.88 bits per heavy atom. The molecular formula is C18H25N3O2S. The lowest BCUT2D eigenvalue weighted by atomic mass is 9.67. The maximum absolute atomic E-state index is 13.0. The predicted octanol–water partition coefficient (Wildman–Crippen LogP) is 3.23. The smallest absolute Gasteiger partial charge is 0.161 e. The summed E-state index contributed by atoms with van der Waals surface area (Å²) >= 11 is 1.73. The van der Waals surface area contributed by atoms with Crippen molar-refractivity contribution in [2.45, 2.75) is 39.7 Å². The molecule has 6 heteroatoms. The number of Topliss-reactive ketones (excluding diaryl/α,β-unsaturated/α-hetero) is 1. The van der Waals surface area contributed by atoms with Gasteiger partial charge in [0.2, 0.25) is 0 Å². The van der Waals surface area contributed by atoms with Crippen LogP contribution >= 0.6 is 11.8 Å². The van der Waals surface area contributed by atoms with Gasteiger partial charge in [-0.25, -0.2) is 0 Å². The van der Waals surface area contributed by atoms with Crippen LogP contribution in [0.4, 0.5) is 0 Å². The van der Waals surface area contributed by atoms with Crippen LogP contribution in [0.25, 0.3) is 0 Å². The molecule has 0 radical (unpaired) electrons. The summed E-state index contributed by atoms with van der Waals surface area (Å²) < 4.78 is 0. The first-order valence-corrected chi connectivity index (χ1v) is 9.77. The van der Waals surface area contributed by atoms with Crippen LogP contribution in [0.3, 0.4) is 0 Å². The molecule has 0 aromatic carbocycles. The largest absolute Gasteiger partial charge is 0.298 e. The van der Waals surface area contributed by atoms with Crippen molar-refractivity contribution in [1.82, 2.24) is 4.90 Å². The van der Waals surface area contributed by atoms with Crippen molar-refractivity contribution in [3.8, 4) is 0 Å². The number of likely N-dealkylation sites (N-methyl/N-ethyl adjacent to an activating group) is 1. The van der Waals surface area contributed by atoms with Gasteiger partial charge in [-0.3, -0.25) is 14.5 Å². The normalized spacial score (nSPS) is 32.1. The molecule has 0 saturated heterocycles. The lowest BCUT2D eigenvalue weighted by Crippen LogP contribution is -2.40. The number of hydrogen-bond acceptors (Lipinski definition) is 6. The fourth-order valence-electron chi connectivity index (χ4n) is 3.84. The van der Waals surface area contributed by atoms with Crippen LogP contribution in [0.1, 0.15) is 33.6 Å². The first kappa shape index (κ1) is 17.5. The van der Waals surface area contributed by atoms with E-state index in [9.17, 15) is 9.59 Å². The molecule has 3 rings (SSSR count). The molecule has 0 saturated carbocycles. The van der Waals surface area contributed by atoms with E-state index in [2.05, 4.69) is 34.4 Å². The fourth-order valence-corrected chi connectivity index (χ4v) is 5.16. The minimum absolute atomic E-state index is 0.0916. The Kier molecular flexibility index (Phi) is 5.06. The van der Waals surface area contributed by atoms with Gasteiger partial charge in [0.25, 0.3) is 0 Å². The van der Waals surface area contributed by atoms with Gasteiger partial charge in [0.15, 0.2) is 11.6 Å². The minimum Gasteiger partial charge on any atom is -0.298 e. The van der Waals surface area contributed by atoms with E-state index in [1.54, 1.807) is 17.8 Å². The number of thioether (sulfide) groups is 1. The highest BCUT2D eigenvalue weighted by molar-refractivity contribution is 8.02. The quantitative estimate of drug-likeness (QED) is 0.766. The third-order valence-corrected chi connectivity index (χ3v) is 6.62. The van der Waals surface area contributed by atoms with Crippen LogP contribution in [0.2, 0.25) is 0 Å². The lowest BCUT2D eigenvalue weighted by Gasteiger charge is -2.36. The second-order valence-electron chi connectivity index (χ2n) is 6.90. The van der Waals surface area contributed by atoms with Crippen molar-refractivity contribution in [2.75, 3.05) is 25.4 Å². The maximum Gasteiger partial charge on any atom is 0.161 e. The minimum atomic E-state index is -0.267. The van der Waals surface area contributed by atoms with E-state index in [0.717, 1.165) is 36.5 Å². The lowest BCUT2D eigenvalue weighted by molar-refractivity contribution is -0.125. The number of carbonyl (C=O) groups is 2. The molecule has 5 nitrogen and oxygen atoms in total. The molecule has 1 aliphatic carbocycles. The first-order valence-electron chi connectivity index (χ1n) is 8.72. The summed E-state index contributed by atoms with van der Waals surface area (Å²) in [5.74, 6) is 1.06. The molecule has 0 amide bonds. The van der Waals surface area contributed by atoms with Gasteiger partial charge < -0.3 is 0 Å². The van der Waals surface area contributed by atoms with Gasteiger partial charge >= 0.3 is 0 Å². The van der Waals surface area contributed by atoms with Gasteiger partial charge in [-0.15, -0.1) is 11.8 Å². The molecule has 1 spiro atoms. The Bertz CT molecular complexity index is 636. The molecule has 130 valence electrons. The van der Waals surface area contributed by atoms with Crippen LogP contribution < -0.4 is 0 Å². The summed E-state index contributed by atoms with van der Waals surface area (Å²) in [6.07, 6.45) is 2.83. The van der Waals surface area contributed by atoms with Gasteiger partial charge in [0.05, 0.1) is 18.3 Å². The van der Waals surface area contributed by atoms with E-state index in [4.69, 9.17) is 0 Å². The highest BCUT2D eigenvalue weighted by Gasteiger charge is 2.49. The average molecular weight is 347 g/mol. The van der Waals surface area contributed by atoms with Crippen LogP contribution in [-0.4, -0.2) is 47.9 Å². The molecule has 0 aromatic rings. The second kappa shape index (κ2) is 6.92. The zero-order valence-corrected chi connectivity index (χ0v) is 15.4. The number of hydrogen-bond donors (Lipinski definition) is 0. The molecule has 2 heterocycles. The van der Waals surface area contributed by atoms with Crippen LogP contribution in [-0.2, 0) is 9.59 Å². The van der Waals surface area contributed by atoms with Gasteiger partial charge in [-0.2, -0.15) is 10.2 Å². The van der Waals surface area contributed by atoms with Crippen LogP contribution in [0.15, 0.2) is 33.0 Å². The summed E-state index contributed by atoms with van der Waals surface area (Å²) in [4.78, 5) is 27.1. The summed E-state index contributed by atoms with van der Waals surface area (Å²) in [5, 5.41) is 10.9. The van der Waals surface area contributed by atoms with Crippen molar-refractivity contribution in [3.05, 3.63) is 22.8 Å². The molecule has 2 aliphatic heterocycles. The third-order valence-electron chi connectivity index (χ3n) is 5.51. The second-order valence-corrected chi connectivity index (χ2v) is 7.76. The molecule has 0 bridgehead atoms. The van der Waals surface area contributed by atoms with Gasteiger partial charge in [-0.05, 0) is 37.4 Å². The molecule has 0 N–H and O–H groups in total. The van der Waals surface area contributed by atoms with Crippen LogP contribution in [0, 0.1) is 11.3 Å². The topological polar surface area (TPSA) is 62.1 Å². The molecule has 3 unspecified atom stereocenters. The van der Waals surface area contributed by atoms with Crippen molar-refractivity contribution in [1.29, 1.82) is 0 Å². The van der Waals surface area contributed by atoms with Gasteiger partial charge in [0.1, 0.15) is 0 Å². The summed E-state index contributed by atoms with van der Waals surface area (Å²) in [6, 6.07) is -0.143. The molecule has 24 heavy (non-hydrogen) atoms. The predicted molar refractivity (Wildman–Crippen MR) is 95.9 cm³/mol. The zero-order valence-electron chi connectivity index (χ0n) is 14.6. The molecular weight excluding hydrogens is 322 g/mol. The highest BCUT2D eigenvalue weighted by atomic mass is 32.2. The molecule has 0 fully saturated rings. The number of rotatable bonds is 5. The number of nitrogens with zero attached hydrogens (tertiary/aromatic N) is 3. The Hall–Kier alpha value is -1.27. The Morgan fingerprint density at radius 2 is 2.17 bits per heavy atom. The van der Waals surface area contributed by atoms with Crippen molar-refractivity contribution in [2.24, 2.45) is 21.6 Å². The van der Waals surface area contributed by atoms with Crippen molar-refractivity contribution < 1.29 is 9.59 Å². The van der Waals surface area contributed by atoms with Gasteiger partial charge in [-0.1, -0.05) is 13.8 Å². The molecule has 0 aromatic heterocycles. The monoisotopic (exact) mass is 347 g/mol. The standard InChI is InChI=1S/C18H25N3O2S/c1-4-21(5-2)9-16(23)15-8-18-11-24-10-13(18)6-14(22)7-17(18)20-19-12(15)3/h7,10,12,15H,4-6,8-9,11H2,1-3H3. The van der Waals surface area contributed by atoms with E-state index in [1.165, 1.54) is 0 Å². The van der Waals surface area contributed by atoms with Crippen molar-refractivity contribution in [3.63, 3.8) is 0 Å².